The lowest BCUT2D eigenvalue weighted by Gasteiger charge is -2.26. The second-order valence-electron chi connectivity index (χ2n) is 6.02. The Morgan fingerprint density at radius 1 is 1.17 bits per heavy atom. The molecule has 0 aliphatic carbocycles. The summed E-state index contributed by atoms with van der Waals surface area (Å²) >= 11 is 0. The number of ether oxygens (including phenoxy) is 1. The third-order valence-electron chi connectivity index (χ3n) is 3.83. The summed E-state index contributed by atoms with van der Waals surface area (Å²) in [6.07, 6.45) is 2.12. The molecule has 0 bridgehead atoms. The van der Waals surface area contributed by atoms with E-state index in [9.17, 15) is 0 Å². The molecule has 18 heavy (non-hydrogen) atoms. The van der Waals surface area contributed by atoms with Crippen LogP contribution in [0.2, 0.25) is 0 Å². The Bertz CT molecular complexity index is 422. The predicted molar refractivity (Wildman–Crippen MR) is 78.4 cm³/mol. The lowest BCUT2D eigenvalue weighted by molar-refractivity contribution is 0.337. The first-order valence-corrected chi connectivity index (χ1v) is 6.66. The Balaban J connectivity index is 3.12. The predicted octanol–water partition coefficient (Wildman–Crippen LogP) is 3.54. The maximum absolute atomic E-state index is 5.69. The fourth-order valence-corrected chi connectivity index (χ4v) is 2.63. The summed E-state index contributed by atoms with van der Waals surface area (Å²) in [5.41, 5.74) is 11.2. The van der Waals surface area contributed by atoms with Crippen LogP contribution in [0.4, 0.5) is 0 Å². The van der Waals surface area contributed by atoms with Crippen LogP contribution >= 0.6 is 0 Å². The molecular formula is C16H27NO. The van der Waals surface area contributed by atoms with Crippen LogP contribution in [0.1, 0.15) is 42.5 Å². The quantitative estimate of drug-likeness (QED) is 0.866. The zero-order valence-electron chi connectivity index (χ0n) is 12.7. The molecule has 0 aliphatic heterocycles. The summed E-state index contributed by atoms with van der Waals surface area (Å²) < 4.78 is 5.47. The molecule has 2 heteroatoms. The Hall–Kier alpha value is -1.02. The summed E-state index contributed by atoms with van der Waals surface area (Å²) in [4.78, 5) is 0. The zero-order chi connectivity index (χ0) is 13.9. The van der Waals surface area contributed by atoms with Crippen molar-refractivity contribution in [3.63, 3.8) is 0 Å². The lowest BCUT2D eigenvalue weighted by Crippen LogP contribution is -2.20. The third-order valence-corrected chi connectivity index (χ3v) is 3.83. The molecule has 0 unspecified atom stereocenters. The van der Waals surface area contributed by atoms with Crippen molar-refractivity contribution in [2.75, 3.05) is 13.7 Å². The monoisotopic (exact) mass is 249 g/mol. The van der Waals surface area contributed by atoms with Crippen molar-refractivity contribution in [3.05, 3.63) is 28.3 Å². The molecule has 1 aromatic rings. The molecule has 2 nitrogen and oxygen atoms in total. The molecule has 0 atom stereocenters. The van der Waals surface area contributed by atoms with Gasteiger partial charge < -0.3 is 10.5 Å². The van der Waals surface area contributed by atoms with E-state index in [-0.39, 0.29) is 5.41 Å². The first-order chi connectivity index (χ1) is 8.32. The van der Waals surface area contributed by atoms with Gasteiger partial charge in [-0.15, -0.1) is 0 Å². The van der Waals surface area contributed by atoms with Crippen LogP contribution in [0, 0.1) is 26.2 Å². The molecule has 0 saturated heterocycles. The minimum Gasteiger partial charge on any atom is -0.496 e. The maximum atomic E-state index is 5.69. The third kappa shape index (κ3) is 3.26. The van der Waals surface area contributed by atoms with Crippen LogP contribution in [0.5, 0.6) is 5.75 Å². The van der Waals surface area contributed by atoms with Crippen molar-refractivity contribution >= 4 is 0 Å². The minimum atomic E-state index is 0.257. The van der Waals surface area contributed by atoms with Gasteiger partial charge in [-0.05, 0) is 67.8 Å². The number of nitrogens with two attached hydrogens (primary N) is 1. The molecular weight excluding hydrogens is 222 g/mol. The summed E-state index contributed by atoms with van der Waals surface area (Å²) in [6, 6.07) is 2.26. The van der Waals surface area contributed by atoms with Gasteiger partial charge in [0.1, 0.15) is 5.75 Å². The van der Waals surface area contributed by atoms with E-state index >= 15 is 0 Å². The number of rotatable bonds is 5. The zero-order valence-corrected chi connectivity index (χ0v) is 12.7. The summed E-state index contributed by atoms with van der Waals surface area (Å²) in [6.45, 7) is 11.8. The van der Waals surface area contributed by atoms with Gasteiger partial charge in [-0.3, -0.25) is 0 Å². The molecule has 0 saturated carbocycles. The lowest BCUT2D eigenvalue weighted by atomic mass is 9.80. The first-order valence-electron chi connectivity index (χ1n) is 6.66. The average molecular weight is 249 g/mol. The van der Waals surface area contributed by atoms with Gasteiger partial charge in [-0.2, -0.15) is 0 Å². The molecule has 0 aromatic heterocycles. The highest BCUT2D eigenvalue weighted by Crippen LogP contribution is 2.33. The first kappa shape index (κ1) is 15.0. The smallest absolute Gasteiger partial charge is 0.124 e. The number of aryl methyl sites for hydroxylation is 1. The Morgan fingerprint density at radius 2 is 1.78 bits per heavy atom. The fraction of sp³-hybridized carbons (Fsp3) is 0.625. The normalized spacial score (nSPS) is 11.7. The standard InChI is InChI=1S/C16H27NO/c1-11-9-14(10-16(4,5)7-8-17)12(2)13(3)15(11)18-6/h9H,7-8,10,17H2,1-6H3. The van der Waals surface area contributed by atoms with Crippen molar-refractivity contribution < 1.29 is 4.74 Å². The van der Waals surface area contributed by atoms with Gasteiger partial charge in [0.25, 0.3) is 0 Å². The average Bonchev–Trinajstić information content (AvgIpc) is 2.25. The molecule has 1 aromatic carbocycles. The number of hydrogen-bond acceptors (Lipinski definition) is 2. The Morgan fingerprint density at radius 3 is 2.28 bits per heavy atom. The maximum Gasteiger partial charge on any atom is 0.124 e. The summed E-state index contributed by atoms with van der Waals surface area (Å²) in [7, 11) is 1.74. The van der Waals surface area contributed by atoms with E-state index in [1.165, 1.54) is 22.3 Å². The molecule has 1 rings (SSSR count). The number of benzene rings is 1. The number of methoxy groups -OCH3 is 1. The van der Waals surface area contributed by atoms with E-state index < -0.39 is 0 Å². The van der Waals surface area contributed by atoms with E-state index in [1.54, 1.807) is 7.11 Å². The van der Waals surface area contributed by atoms with Crippen LogP contribution in [-0.4, -0.2) is 13.7 Å². The van der Waals surface area contributed by atoms with Crippen molar-refractivity contribution in [1.29, 1.82) is 0 Å². The minimum absolute atomic E-state index is 0.257. The highest BCUT2D eigenvalue weighted by Gasteiger charge is 2.20. The van der Waals surface area contributed by atoms with Gasteiger partial charge in [0, 0.05) is 0 Å². The highest BCUT2D eigenvalue weighted by atomic mass is 16.5. The molecule has 0 spiro atoms. The number of hydrogen-bond donors (Lipinski definition) is 1. The van der Waals surface area contributed by atoms with E-state index in [1.807, 2.05) is 0 Å². The Labute approximate surface area is 112 Å². The van der Waals surface area contributed by atoms with Crippen LogP contribution < -0.4 is 10.5 Å². The van der Waals surface area contributed by atoms with Gasteiger partial charge >= 0.3 is 0 Å². The Kier molecular flexibility index (Phi) is 4.80. The molecule has 0 aliphatic rings. The van der Waals surface area contributed by atoms with Crippen LogP contribution in [0.25, 0.3) is 0 Å². The summed E-state index contributed by atoms with van der Waals surface area (Å²) in [5, 5.41) is 0. The second-order valence-corrected chi connectivity index (χ2v) is 6.02. The molecule has 102 valence electrons. The van der Waals surface area contributed by atoms with Crippen molar-refractivity contribution in [2.24, 2.45) is 11.1 Å². The van der Waals surface area contributed by atoms with Gasteiger partial charge in [0.2, 0.25) is 0 Å². The fourth-order valence-electron chi connectivity index (χ4n) is 2.63. The van der Waals surface area contributed by atoms with E-state index in [4.69, 9.17) is 10.5 Å². The molecule has 0 fully saturated rings. The van der Waals surface area contributed by atoms with E-state index in [0.717, 1.165) is 25.1 Å². The SMILES string of the molecule is COc1c(C)cc(CC(C)(C)CCN)c(C)c1C. The van der Waals surface area contributed by atoms with E-state index in [2.05, 4.69) is 40.7 Å². The largest absolute Gasteiger partial charge is 0.496 e. The van der Waals surface area contributed by atoms with Crippen molar-refractivity contribution in [3.8, 4) is 5.75 Å². The highest BCUT2D eigenvalue weighted by molar-refractivity contribution is 5.49. The molecule has 0 radical (unpaired) electrons. The van der Waals surface area contributed by atoms with Gasteiger partial charge in [0.05, 0.1) is 7.11 Å². The molecule has 0 amide bonds. The van der Waals surface area contributed by atoms with Gasteiger partial charge in [-0.1, -0.05) is 19.9 Å². The van der Waals surface area contributed by atoms with Crippen molar-refractivity contribution in [1.82, 2.24) is 0 Å². The van der Waals surface area contributed by atoms with Crippen LogP contribution in [0.15, 0.2) is 6.07 Å². The van der Waals surface area contributed by atoms with Crippen LogP contribution in [0.3, 0.4) is 0 Å². The topological polar surface area (TPSA) is 35.2 Å². The van der Waals surface area contributed by atoms with Crippen molar-refractivity contribution in [2.45, 2.75) is 47.5 Å². The molecule has 2 N–H and O–H groups in total. The van der Waals surface area contributed by atoms with Gasteiger partial charge in [0.15, 0.2) is 0 Å². The summed E-state index contributed by atoms with van der Waals surface area (Å²) in [5.74, 6) is 1.02. The van der Waals surface area contributed by atoms with E-state index in [0.29, 0.717) is 0 Å². The molecule has 0 heterocycles. The second kappa shape index (κ2) is 5.75. The van der Waals surface area contributed by atoms with Crippen LogP contribution in [-0.2, 0) is 6.42 Å². The van der Waals surface area contributed by atoms with Gasteiger partial charge in [-0.25, -0.2) is 0 Å².